The van der Waals surface area contributed by atoms with Crippen molar-refractivity contribution in [2.45, 2.75) is 24.9 Å². The monoisotopic (exact) mass is 334 g/mol. The number of aromatic nitrogens is 2. The summed E-state index contributed by atoms with van der Waals surface area (Å²) in [7, 11) is 0. The van der Waals surface area contributed by atoms with Crippen molar-refractivity contribution in [3.8, 4) is 0 Å². The number of aryl methyl sites for hydroxylation is 1. The van der Waals surface area contributed by atoms with Crippen LogP contribution in [0.25, 0.3) is 0 Å². The molecule has 2 aliphatic rings. The van der Waals surface area contributed by atoms with Gasteiger partial charge in [-0.3, -0.25) is 9.69 Å². The normalized spacial score (nSPS) is 23.2. The quantitative estimate of drug-likeness (QED) is 0.853. The molecule has 1 aromatic carbocycles. The van der Waals surface area contributed by atoms with Crippen LogP contribution in [0.1, 0.15) is 23.2 Å². The Labute approximate surface area is 135 Å². The van der Waals surface area contributed by atoms with Gasteiger partial charge in [0.05, 0.1) is 6.54 Å². The second kappa shape index (κ2) is 4.76. The van der Waals surface area contributed by atoms with Crippen LogP contribution in [0.4, 0.5) is 4.79 Å². The first-order valence-corrected chi connectivity index (χ1v) is 7.96. The van der Waals surface area contributed by atoms with Crippen molar-refractivity contribution in [2.24, 2.45) is 0 Å². The molecular formula is C14H11ClN4O2S. The summed E-state index contributed by atoms with van der Waals surface area (Å²) in [5.41, 5.74) is 1.49. The number of imide groups is 1. The number of carbonyl (C=O) groups excluding carboxylic acids is 2. The van der Waals surface area contributed by atoms with Gasteiger partial charge in [0.25, 0.3) is 5.91 Å². The molecule has 0 saturated carbocycles. The van der Waals surface area contributed by atoms with Crippen LogP contribution >= 0.6 is 23.1 Å². The van der Waals surface area contributed by atoms with Crippen molar-refractivity contribution in [1.82, 2.24) is 19.8 Å². The minimum absolute atomic E-state index is 0.0456. The second-order valence-electron chi connectivity index (χ2n) is 5.38. The van der Waals surface area contributed by atoms with Gasteiger partial charge in [-0.05, 0) is 24.0 Å². The molecule has 8 heteroatoms. The van der Waals surface area contributed by atoms with Crippen LogP contribution in [0.3, 0.4) is 0 Å². The zero-order valence-corrected chi connectivity index (χ0v) is 12.9. The van der Waals surface area contributed by atoms with E-state index < -0.39 is 11.6 Å². The summed E-state index contributed by atoms with van der Waals surface area (Å²) in [5, 5.41) is 6.74. The number of urea groups is 1. The van der Waals surface area contributed by atoms with E-state index in [0.717, 1.165) is 29.1 Å². The lowest BCUT2D eigenvalue weighted by molar-refractivity contribution is -0.132. The number of nitrogens with zero attached hydrogens (tertiary/aromatic N) is 3. The molecule has 0 unspecified atom stereocenters. The van der Waals surface area contributed by atoms with E-state index in [4.69, 9.17) is 11.6 Å². The molecule has 112 valence electrons. The van der Waals surface area contributed by atoms with Gasteiger partial charge >= 0.3 is 6.03 Å². The lowest BCUT2D eigenvalue weighted by atomic mass is 9.92. The maximum atomic E-state index is 12.9. The van der Waals surface area contributed by atoms with Crippen molar-refractivity contribution in [3.63, 3.8) is 0 Å². The number of hydrogen-bond donors (Lipinski definition) is 1. The lowest BCUT2D eigenvalue weighted by Gasteiger charge is -2.22. The molecule has 3 amide bonds. The highest BCUT2D eigenvalue weighted by Gasteiger charge is 2.55. The highest BCUT2D eigenvalue weighted by molar-refractivity contribution is 7.10. The van der Waals surface area contributed by atoms with Crippen molar-refractivity contribution < 1.29 is 9.59 Å². The third-order valence-electron chi connectivity index (χ3n) is 4.24. The Hall–Kier alpha value is -1.99. The van der Waals surface area contributed by atoms with Gasteiger partial charge < -0.3 is 5.32 Å². The van der Waals surface area contributed by atoms with Crippen LogP contribution in [0.15, 0.2) is 24.3 Å². The van der Waals surface area contributed by atoms with Crippen molar-refractivity contribution in [2.75, 3.05) is 0 Å². The number of carbonyl (C=O) groups is 2. The maximum absolute atomic E-state index is 12.9. The molecule has 0 bridgehead atoms. The standard InChI is InChI=1S/C14H11ClN4O2S/c15-11-10(17-18-22-11)7-19-12(20)14(16-13(19)21)6-5-8-3-1-2-4-9(8)14/h1-4H,5-7H2,(H,16,21)/t14-/m0/s1. The summed E-state index contributed by atoms with van der Waals surface area (Å²) in [5.74, 6) is -0.244. The van der Waals surface area contributed by atoms with E-state index in [2.05, 4.69) is 14.9 Å². The fraction of sp³-hybridized carbons (Fsp3) is 0.286. The molecule has 1 spiro atoms. The summed E-state index contributed by atoms with van der Waals surface area (Å²) in [6.07, 6.45) is 1.35. The van der Waals surface area contributed by atoms with Gasteiger partial charge in [0.2, 0.25) is 0 Å². The van der Waals surface area contributed by atoms with E-state index in [1.807, 2.05) is 24.3 Å². The van der Waals surface area contributed by atoms with Crippen LogP contribution in [0.2, 0.25) is 4.34 Å². The van der Waals surface area contributed by atoms with Crippen LogP contribution in [-0.4, -0.2) is 26.4 Å². The van der Waals surface area contributed by atoms with Gasteiger partial charge in [-0.2, -0.15) is 0 Å². The molecule has 1 fully saturated rings. The average Bonchev–Trinajstić information content (AvgIpc) is 3.15. The highest BCUT2D eigenvalue weighted by Crippen LogP contribution is 2.41. The molecule has 0 radical (unpaired) electrons. The molecule has 1 saturated heterocycles. The largest absolute Gasteiger partial charge is 0.325 e. The molecule has 1 aliphatic carbocycles. The van der Waals surface area contributed by atoms with Crippen LogP contribution in [0, 0.1) is 0 Å². The number of fused-ring (bicyclic) bond motifs is 2. The number of halogens is 1. The van der Waals surface area contributed by atoms with Crippen molar-refractivity contribution in [3.05, 3.63) is 45.4 Å². The molecule has 2 heterocycles. The fourth-order valence-corrected chi connectivity index (χ4v) is 3.79. The Morgan fingerprint density at radius 2 is 2.18 bits per heavy atom. The molecule has 1 aromatic heterocycles. The van der Waals surface area contributed by atoms with E-state index in [1.54, 1.807) is 0 Å². The molecule has 1 atom stereocenters. The summed E-state index contributed by atoms with van der Waals surface area (Å²) < 4.78 is 4.13. The lowest BCUT2D eigenvalue weighted by Crippen LogP contribution is -2.41. The number of benzene rings is 1. The Balaban J connectivity index is 1.70. The van der Waals surface area contributed by atoms with Crippen LogP contribution in [-0.2, 0) is 23.3 Å². The fourth-order valence-electron chi connectivity index (χ4n) is 3.17. The smallest absolute Gasteiger partial charge is 0.319 e. The van der Waals surface area contributed by atoms with Gasteiger partial charge in [0.1, 0.15) is 15.6 Å². The first-order valence-electron chi connectivity index (χ1n) is 6.81. The van der Waals surface area contributed by atoms with Crippen LogP contribution < -0.4 is 5.32 Å². The minimum atomic E-state index is -0.941. The summed E-state index contributed by atoms with van der Waals surface area (Å²) in [6.45, 7) is 0.0456. The topological polar surface area (TPSA) is 75.2 Å². The summed E-state index contributed by atoms with van der Waals surface area (Å²) in [6, 6.07) is 7.31. The molecule has 1 N–H and O–H groups in total. The number of rotatable bonds is 2. The Bertz CT molecular complexity index is 793. The van der Waals surface area contributed by atoms with Gasteiger partial charge in [-0.1, -0.05) is 40.4 Å². The zero-order valence-electron chi connectivity index (χ0n) is 11.4. The van der Waals surface area contributed by atoms with E-state index >= 15 is 0 Å². The summed E-state index contributed by atoms with van der Waals surface area (Å²) >= 11 is 7.01. The van der Waals surface area contributed by atoms with Gasteiger partial charge in [-0.25, -0.2) is 4.79 Å². The van der Waals surface area contributed by atoms with E-state index in [0.29, 0.717) is 16.5 Å². The summed E-state index contributed by atoms with van der Waals surface area (Å²) in [4.78, 5) is 26.4. The predicted octanol–water partition coefficient (Wildman–Crippen LogP) is 2.08. The molecule has 4 rings (SSSR count). The van der Waals surface area contributed by atoms with Gasteiger partial charge in [0, 0.05) is 11.5 Å². The third-order valence-corrected chi connectivity index (χ3v) is 5.22. The van der Waals surface area contributed by atoms with Crippen molar-refractivity contribution in [1.29, 1.82) is 0 Å². The minimum Gasteiger partial charge on any atom is -0.319 e. The first kappa shape index (κ1) is 13.7. The molecular weight excluding hydrogens is 324 g/mol. The average molecular weight is 335 g/mol. The second-order valence-corrected chi connectivity index (χ2v) is 6.73. The molecule has 2 aromatic rings. The Morgan fingerprint density at radius 3 is 2.95 bits per heavy atom. The van der Waals surface area contributed by atoms with E-state index in [1.165, 1.54) is 4.90 Å². The first-order chi connectivity index (χ1) is 10.6. The van der Waals surface area contributed by atoms with Gasteiger partial charge in [-0.15, -0.1) is 5.10 Å². The molecule has 6 nitrogen and oxygen atoms in total. The highest BCUT2D eigenvalue weighted by atomic mass is 35.5. The Kier molecular flexibility index (Phi) is 2.95. The maximum Gasteiger partial charge on any atom is 0.325 e. The zero-order chi connectivity index (χ0) is 15.3. The van der Waals surface area contributed by atoms with Crippen LogP contribution in [0.5, 0.6) is 0 Å². The van der Waals surface area contributed by atoms with E-state index in [9.17, 15) is 9.59 Å². The number of nitrogens with one attached hydrogen (secondary N) is 1. The third kappa shape index (κ3) is 1.79. The predicted molar refractivity (Wildman–Crippen MR) is 80.4 cm³/mol. The molecule has 1 aliphatic heterocycles. The van der Waals surface area contributed by atoms with Crippen molar-refractivity contribution >= 4 is 35.1 Å². The van der Waals surface area contributed by atoms with E-state index in [-0.39, 0.29) is 12.5 Å². The molecule has 22 heavy (non-hydrogen) atoms. The SMILES string of the molecule is O=C1N[C@]2(CCc3ccccc32)C(=O)N1Cc1nnsc1Cl. The Morgan fingerprint density at radius 1 is 1.36 bits per heavy atom. The van der Waals surface area contributed by atoms with Gasteiger partial charge in [0.15, 0.2) is 0 Å². The number of amides is 3. The number of hydrogen-bond acceptors (Lipinski definition) is 5.